The topological polar surface area (TPSA) is 118 Å². The molecule has 1 heterocycles. The minimum Gasteiger partial charge on any atom is -0.726 e. The van der Waals surface area contributed by atoms with E-state index < -0.39 is 10.4 Å². The summed E-state index contributed by atoms with van der Waals surface area (Å²) in [5.74, 6) is 0. The van der Waals surface area contributed by atoms with Crippen molar-refractivity contribution in [2.24, 2.45) is 17.3 Å². The molecule has 2 aromatic carbocycles. The van der Waals surface area contributed by atoms with Crippen LogP contribution in [0.25, 0.3) is 10.2 Å². The molecule has 0 aliphatic heterocycles. The van der Waals surface area contributed by atoms with Gasteiger partial charge in [0.25, 0.3) is 0 Å². The highest BCUT2D eigenvalue weighted by Gasteiger charge is 2.16. The largest absolute Gasteiger partial charge is 0.726 e. The number of fused-ring (bicyclic) bond motifs is 1. The van der Waals surface area contributed by atoms with E-state index in [0.717, 1.165) is 40.3 Å². The fourth-order valence-corrected chi connectivity index (χ4v) is 3.46. The second kappa shape index (κ2) is 10.5. The van der Waals surface area contributed by atoms with Gasteiger partial charge in [-0.15, -0.1) is 0 Å². The zero-order valence-electron chi connectivity index (χ0n) is 17.1. The lowest BCUT2D eigenvalue weighted by atomic mass is 10.2. The van der Waals surface area contributed by atoms with Gasteiger partial charge in [0.2, 0.25) is 10.4 Å². The molecular formula is C19H24N4O5S2. The maximum atomic E-state index is 9.26. The zero-order valence-corrected chi connectivity index (χ0v) is 18.8. The molecule has 0 atom stereocenters. The molecule has 9 nitrogen and oxygen atoms in total. The fourth-order valence-electron chi connectivity index (χ4n) is 2.43. The Morgan fingerprint density at radius 2 is 1.83 bits per heavy atom. The van der Waals surface area contributed by atoms with Crippen LogP contribution in [-0.4, -0.2) is 38.8 Å². The molecule has 1 aromatic heterocycles. The lowest BCUT2D eigenvalue weighted by Gasteiger charge is -2.15. The van der Waals surface area contributed by atoms with Crippen molar-refractivity contribution < 1.29 is 26.8 Å². The summed E-state index contributed by atoms with van der Waals surface area (Å²) < 4.78 is 34.1. The first-order valence-electron chi connectivity index (χ1n) is 8.95. The highest BCUT2D eigenvalue weighted by Crippen LogP contribution is 2.28. The van der Waals surface area contributed by atoms with Gasteiger partial charge in [0, 0.05) is 19.3 Å². The van der Waals surface area contributed by atoms with Gasteiger partial charge < -0.3 is 14.6 Å². The van der Waals surface area contributed by atoms with Crippen molar-refractivity contribution in [3.05, 3.63) is 48.0 Å². The maximum absolute atomic E-state index is 9.26. The Morgan fingerprint density at radius 3 is 2.37 bits per heavy atom. The van der Waals surface area contributed by atoms with Crippen LogP contribution in [-0.2, 0) is 28.2 Å². The van der Waals surface area contributed by atoms with Gasteiger partial charge in [-0.05, 0) is 65.3 Å². The minimum absolute atomic E-state index is 0.0486. The quantitative estimate of drug-likeness (QED) is 0.266. The van der Waals surface area contributed by atoms with Crippen LogP contribution in [0.4, 0.5) is 16.5 Å². The molecule has 0 saturated heterocycles. The molecule has 0 radical (unpaired) electrons. The van der Waals surface area contributed by atoms with Gasteiger partial charge >= 0.3 is 5.13 Å². The number of thiazole rings is 1. The summed E-state index contributed by atoms with van der Waals surface area (Å²) in [4.78, 5) is 2.17. The van der Waals surface area contributed by atoms with Gasteiger partial charge in [0.1, 0.15) is 11.2 Å². The summed E-state index contributed by atoms with van der Waals surface area (Å²) in [6, 6.07) is 14.0. The molecule has 0 bridgehead atoms. The molecule has 162 valence electrons. The summed E-state index contributed by atoms with van der Waals surface area (Å²) in [6.45, 7) is 3.14. The fraction of sp³-hybridized carbons (Fsp3) is 0.316. The number of benzene rings is 2. The molecule has 0 aliphatic rings. The molecule has 0 aliphatic carbocycles. The standard InChI is InChI=1S/C18H21N4OS.CH4O4S/c1-4-21(2)15-8-6-14(7-9-15)19-20-18-22(3)16-10-5-13(12-23)11-17(16)24-18;1-5-6(2,3)4/h5-11,23H,4,12H2,1-3H3;1H3,(H,2,3,4)/q+1;/p-1. The Labute approximate surface area is 179 Å². The highest BCUT2D eigenvalue weighted by molar-refractivity contribution is 7.80. The molecule has 0 saturated carbocycles. The molecule has 30 heavy (non-hydrogen) atoms. The van der Waals surface area contributed by atoms with Crippen LogP contribution in [0.3, 0.4) is 0 Å². The van der Waals surface area contributed by atoms with Crippen LogP contribution in [0.1, 0.15) is 12.5 Å². The van der Waals surface area contributed by atoms with E-state index in [1.807, 2.05) is 41.9 Å². The predicted molar refractivity (Wildman–Crippen MR) is 115 cm³/mol. The van der Waals surface area contributed by atoms with Crippen molar-refractivity contribution in [3.8, 4) is 0 Å². The van der Waals surface area contributed by atoms with Crippen LogP contribution in [0.15, 0.2) is 52.7 Å². The van der Waals surface area contributed by atoms with Crippen molar-refractivity contribution in [2.45, 2.75) is 13.5 Å². The summed E-state index contributed by atoms with van der Waals surface area (Å²) in [5, 5.41) is 18.8. The molecular weight excluding hydrogens is 428 g/mol. The number of hydrogen-bond acceptors (Lipinski definition) is 9. The third-order valence-corrected chi connectivity index (χ3v) is 5.77. The first-order chi connectivity index (χ1) is 14.2. The Hall–Kier alpha value is -2.44. The SMILES string of the molecule is CCN(C)c1ccc(N=Nc2sc3cc(CO)ccc3[n+]2C)cc1.COS(=O)(=O)[O-]. The monoisotopic (exact) mass is 452 g/mol. The number of aliphatic hydroxyl groups is 1. The van der Waals surface area contributed by atoms with E-state index >= 15 is 0 Å². The molecule has 0 amide bonds. The third kappa shape index (κ3) is 6.54. The minimum atomic E-state index is -4.41. The number of aryl methyl sites for hydroxylation is 1. The number of aromatic nitrogens is 1. The van der Waals surface area contributed by atoms with Gasteiger partial charge in [-0.3, -0.25) is 4.18 Å². The molecule has 1 N–H and O–H groups in total. The van der Waals surface area contributed by atoms with Crippen LogP contribution in [0.2, 0.25) is 0 Å². The van der Waals surface area contributed by atoms with Crippen LogP contribution < -0.4 is 9.47 Å². The van der Waals surface area contributed by atoms with E-state index in [1.165, 1.54) is 5.69 Å². The Balaban J connectivity index is 0.000000469. The summed E-state index contributed by atoms with van der Waals surface area (Å²) in [7, 11) is 0.437. The second-order valence-corrected chi connectivity index (χ2v) is 8.37. The number of hydrogen-bond donors (Lipinski definition) is 1. The third-order valence-electron chi connectivity index (χ3n) is 4.28. The van der Waals surface area contributed by atoms with Gasteiger partial charge in [-0.2, -0.15) is 0 Å². The Bertz CT molecular complexity index is 1110. The second-order valence-electron chi connectivity index (χ2n) is 6.21. The number of azo groups is 1. The van der Waals surface area contributed by atoms with Gasteiger partial charge in [0.15, 0.2) is 0 Å². The van der Waals surface area contributed by atoms with Gasteiger partial charge in [0.05, 0.1) is 30.6 Å². The lowest BCUT2D eigenvalue weighted by molar-refractivity contribution is -0.627. The van der Waals surface area contributed by atoms with E-state index in [4.69, 9.17) is 0 Å². The normalized spacial score (nSPS) is 11.5. The summed E-state index contributed by atoms with van der Waals surface area (Å²) in [6.07, 6.45) is 0. The molecule has 0 fully saturated rings. The van der Waals surface area contributed by atoms with Gasteiger partial charge in [-0.25, -0.2) is 13.0 Å². The van der Waals surface area contributed by atoms with E-state index in [2.05, 4.69) is 45.4 Å². The maximum Gasteiger partial charge on any atom is 0.409 e. The lowest BCUT2D eigenvalue weighted by Crippen LogP contribution is -2.25. The van der Waals surface area contributed by atoms with Gasteiger partial charge in [-0.1, -0.05) is 6.07 Å². The van der Waals surface area contributed by atoms with Crippen molar-refractivity contribution in [1.82, 2.24) is 0 Å². The Morgan fingerprint density at radius 1 is 1.20 bits per heavy atom. The van der Waals surface area contributed by atoms with Crippen molar-refractivity contribution in [3.63, 3.8) is 0 Å². The number of nitrogens with zero attached hydrogens (tertiary/aromatic N) is 4. The highest BCUT2D eigenvalue weighted by atomic mass is 32.3. The Kier molecular flexibility index (Phi) is 8.38. The molecule has 11 heteroatoms. The van der Waals surface area contributed by atoms with E-state index in [9.17, 15) is 18.1 Å². The zero-order chi connectivity index (χ0) is 22.3. The molecule has 0 unspecified atom stereocenters. The average Bonchev–Trinajstić information content (AvgIpc) is 3.06. The van der Waals surface area contributed by atoms with Crippen LogP contribution in [0, 0.1) is 0 Å². The van der Waals surface area contributed by atoms with Crippen LogP contribution >= 0.6 is 11.3 Å². The number of rotatable bonds is 6. The first kappa shape index (κ1) is 23.8. The van der Waals surface area contributed by atoms with Crippen molar-refractivity contribution in [2.75, 3.05) is 25.6 Å². The molecule has 3 aromatic rings. The van der Waals surface area contributed by atoms with E-state index in [0.29, 0.717) is 0 Å². The van der Waals surface area contributed by atoms with E-state index in [1.54, 1.807) is 11.3 Å². The van der Waals surface area contributed by atoms with Crippen molar-refractivity contribution in [1.29, 1.82) is 0 Å². The van der Waals surface area contributed by atoms with Crippen LogP contribution in [0.5, 0.6) is 0 Å². The first-order valence-corrected chi connectivity index (χ1v) is 11.1. The molecule has 3 rings (SSSR count). The summed E-state index contributed by atoms with van der Waals surface area (Å²) in [5.41, 5.74) is 3.99. The number of anilines is 1. The number of aliphatic hydroxyl groups excluding tert-OH is 1. The predicted octanol–water partition coefficient (Wildman–Crippen LogP) is 3.18. The summed E-state index contributed by atoms with van der Waals surface area (Å²) >= 11 is 1.57. The molecule has 0 spiro atoms. The average molecular weight is 453 g/mol. The van der Waals surface area contributed by atoms with E-state index in [-0.39, 0.29) is 6.61 Å². The van der Waals surface area contributed by atoms with Crippen molar-refractivity contribution >= 4 is 48.5 Å². The smallest absolute Gasteiger partial charge is 0.409 e.